The van der Waals surface area contributed by atoms with Crippen LogP contribution in [0.1, 0.15) is 5.56 Å². The predicted molar refractivity (Wildman–Crippen MR) is 83.4 cm³/mol. The second-order valence-electron chi connectivity index (χ2n) is 3.98. The Morgan fingerprint density at radius 1 is 1.30 bits per heavy atom. The van der Waals surface area contributed by atoms with Gasteiger partial charge in [-0.1, -0.05) is 18.2 Å². The lowest BCUT2D eigenvalue weighted by molar-refractivity contribution is -0.385. The number of nitrogens with zero attached hydrogens (tertiary/aromatic N) is 1. The summed E-state index contributed by atoms with van der Waals surface area (Å²) in [5.41, 5.74) is 0.987. The van der Waals surface area contributed by atoms with Crippen LogP contribution in [0.5, 0.6) is 5.75 Å². The van der Waals surface area contributed by atoms with E-state index in [-0.39, 0.29) is 10.6 Å². The third-order valence-corrected chi connectivity index (χ3v) is 4.65. The van der Waals surface area contributed by atoms with Gasteiger partial charge in [-0.05, 0) is 39.7 Å². The van der Waals surface area contributed by atoms with Crippen molar-refractivity contribution >= 4 is 33.4 Å². The molecule has 0 amide bonds. The van der Waals surface area contributed by atoms with Crippen molar-refractivity contribution in [2.24, 2.45) is 0 Å². The number of thioether (sulfide) groups is 1. The summed E-state index contributed by atoms with van der Waals surface area (Å²) in [5, 5.41) is 10.9. The Kier molecular flexibility index (Phi) is 5.03. The average Bonchev–Trinajstić information content (AvgIpc) is 2.46. The quantitative estimate of drug-likeness (QED) is 0.445. The molecule has 0 atom stereocenters. The standard InChI is InChI=1S/C14H12BrNO3S/c1-19-11-5-3-6-12(8-11)20-9-10-4-2-7-13(14(10)15)16(17)18/h2-8H,9H2,1H3. The number of halogens is 1. The number of methoxy groups -OCH3 is 1. The van der Waals surface area contributed by atoms with Crippen molar-refractivity contribution in [2.75, 3.05) is 7.11 Å². The Labute approximate surface area is 129 Å². The molecule has 0 spiro atoms. The fourth-order valence-corrected chi connectivity index (χ4v) is 3.34. The zero-order chi connectivity index (χ0) is 14.5. The molecular weight excluding hydrogens is 342 g/mol. The zero-order valence-corrected chi connectivity index (χ0v) is 13.1. The van der Waals surface area contributed by atoms with Crippen LogP contribution < -0.4 is 4.74 Å². The number of ether oxygens (including phenoxy) is 1. The molecule has 0 aliphatic carbocycles. The van der Waals surface area contributed by atoms with Gasteiger partial charge in [0, 0.05) is 16.7 Å². The topological polar surface area (TPSA) is 52.4 Å². The third-order valence-electron chi connectivity index (χ3n) is 2.69. The van der Waals surface area contributed by atoms with Crippen LogP contribution in [0, 0.1) is 10.1 Å². The van der Waals surface area contributed by atoms with Crippen LogP contribution in [0.25, 0.3) is 0 Å². The highest BCUT2D eigenvalue weighted by molar-refractivity contribution is 9.10. The molecule has 104 valence electrons. The summed E-state index contributed by atoms with van der Waals surface area (Å²) < 4.78 is 5.71. The van der Waals surface area contributed by atoms with Gasteiger partial charge >= 0.3 is 0 Å². The van der Waals surface area contributed by atoms with Gasteiger partial charge in [0.15, 0.2) is 0 Å². The van der Waals surface area contributed by atoms with Crippen LogP contribution in [-0.4, -0.2) is 12.0 Å². The molecule has 0 aliphatic rings. The van der Waals surface area contributed by atoms with Gasteiger partial charge in [-0.25, -0.2) is 0 Å². The molecule has 0 heterocycles. The summed E-state index contributed by atoms with van der Waals surface area (Å²) in [6, 6.07) is 12.8. The molecule has 2 aromatic carbocycles. The van der Waals surface area contributed by atoms with E-state index in [0.29, 0.717) is 10.2 Å². The number of benzene rings is 2. The van der Waals surface area contributed by atoms with E-state index in [4.69, 9.17) is 4.74 Å². The van der Waals surface area contributed by atoms with Crippen LogP contribution in [0.4, 0.5) is 5.69 Å². The maximum Gasteiger partial charge on any atom is 0.283 e. The smallest absolute Gasteiger partial charge is 0.283 e. The number of hydrogen-bond donors (Lipinski definition) is 0. The second kappa shape index (κ2) is 6.76. The molecule has 0 N–H and O–H groups in total. The molecule has 0 saturated carbocycles. The van der Waals surface area contributed by atoms with E-state index < -0.39 is 0 Å². The highest BCUT2D eigenvalue weighted by Gasteiger charge is 2.14. The van der Waals surface area contributed by atoms with Crippen molar-refractivity contribution in [3.05, 3.63) is 62.6 Å². The Bertz CT molecular complexity index is 634. The van der Waals surface area contributed by atoms with Crippen LogP contribution in [0.15, 0.2) is 51.8 Å². The Morgan fingerprint density at radius 2 is 2.05 bits per heavy atom. The SMILES string of the molecule is COc1cccc(SCc2cccc([N+](=O)[O-])c2Br)c1. The Morgan fingerprint density at radius 3 is 2.75 bits per heavy atom. The minimum atomic E-state index is -0.385. The molecule has 0 saturated heterocycles. The first-order valence-corrected chi connectivity index (χ1v) is 7.58. The molecule has 0 aromatic heterocycles. The molecule has 4 nitrogen and oxygen atoms in total. The predicted octanol–water partition coefficient (Wildman–Crippen LogP) is 4.66. The lowest BCUT2D eigenvalue weighted by Crippen LogP contribution is -1.92. The Hall–Kier alpha value is -1.53. The Balaban J connectivity index is 2.14. The lowest BCUT2D eigenvalue weighted by atomic mass is 10.2. The fourth-order valence-electron chi connectivity index (χ4n) is 1.67. The normalized spacial score (nSPS) is 10.3. The van der Waals surface area contributed by atoms with Gasteiger partial charge < -0.3 is 4.74 Å². The van der Waals surface area contributed by atoms with E-state index in [2.05, 4.69) is 15.9 Å². The maximum absolute atomic E-state index is 10.9. The molecule has 0 fully saturated rings. The molecule has 0 unspecified atom stereocenters. The molecule has 0 bridgehead atoms. The van der Waals surface area contributed by atoms with Crippen LogP contribution in [0.2, 0.25) is 0 Å². The van der Waals surface area contributed by atoms with E-state index in [0.717, 1.165) is 16.2 Å². The first-order valence-electron chi connectivity index (χ1n) is 5.80. The molecule has 6 heteroatoms. The minimum Gasteiger partial charge on any atom is -0.497 e. The summed E-state index contributed by atoms with van der Waals surface area (Å²) in [6.45, 7) is 0. The van der Waals surface area contributed by atoms with Crippen molar-refractivity contribution in [1.29, 1.82) is 0 Å². The van der Waals surface area contributed by atoms with Crippen molar-refractivity contribution in [3.63, 3.8) is 0 Å². The molecule has 20 heavy (non-hydrogen) atoms. The van der Waals surface area contributed by atoms with E-state index >= 15 is 0 Å². The van der Waals surface area contributed by atoms with Crippen LogP contribution in [-0.2, 0) is 5.75 Å². The van der Waals surface area contributed by atoms with Crippen LogP contribution in [0.3, 0.4) is 0 Å². The molecule has 0 radical (unpaired) electrons. The number of rotatable bonds is 5. The fraction of sp³-hybridized carbons (Fsp3) is 0.143. The molecule has 2 aromatic rings. The summed E-state index contributed by atoms with van der Waals surface area (Å²) in [7, 11) is 1.63. The van der Waals surface area contributed by atoms with Crippen molar-refractivity contribution in [1.82, 2.24) is 0 Å². The first kappa shape index (κ1) is 14.9. The third kappa shape index (κ3) is 3.52. The van der Waals surface area contributed by atoms with Gasteiger partial charge in [-0.3, -0.25) is 10.1 Å². The van der Waals surface area contributed by atoms with Gasteiger partial charge in [-0.15, -0.1) is 11.8 Å². The zero-order valence-electron chi connectivity index (χ0n) is 10.7. The van der Waals surface area contributed by atoms with Gasteiger partial charge in [0.25, 0.3) is 5.69 Å². The number of nitro groups is 1. The van der Waals surface area contributed by atoms with Crippen molar-refractivity contribution in [3.8, 4) is 5.75 Å². The molecule has 0 aliphatic heterocycles. The minimum absolute atomic E-state index is 0.0914. The maximum atomic E-state index is 10.9. The highest BCUT2D eigenvalue weighted by Crippen LogP contribution is 2.33. The highest BCUT2D eigenvalue weighted by atomic mass is 79.9. The first-order chi connectivity index (χ1) is 9.61. The van der Waals surface area contributed by atoms with E-state index in [1.54, 1.807) is 24.9 Å². The second-order valence-corrected chi connectivity index (χ2v) is 5.82. The van der Waals surface area contributed by atoms with Crippen molar-refractivity contribution in [2.45, 2.75) is 10.6 Å². The van der Waals surface area contributed by atoms with E-state index in [1.165, 1.54) is 6.07 Å². The lowest BCUT2D eigenvalue weighted by Gasteiger charge is -2.06. The molecule has 2 rings (SSSR count). The monoisotopic (exact) mass is 353 g/mol. The average molecular weight is 354 g/mol. The summed E-state index contributed by atoms with van der Waals surface area (Å²) >= 11 is 4.91. The van der Waals surface area contributed by atoms with Gasteiger partial charge in [0.1, 0.15) is 5.75 Å². The largest absolute Gasteiger partial charge is 0.497 e. The van der Waals surface area contributed by atoms with E-state index in [1.807, 2.05) is 30.3 Å². The van der Waals surface area contributed by atoms with Crippen molar-refractivity contribution < 1.29 is 9.66 Å². The summed E-state index contributed by atoms with van der Waals surface area (Å²) in [4.78, 5) is 11.6. The van der Waals surface area contributed by atoms with Gasteiger partial charge in [-0.2, -0.15) is 0 Å². The van der Waals surface area contributed by atoms with Crippen LogP contribution >= 0.6 is 27.7 Å². The molecular formula is C14H12BrNO3S. The number of nitro benzene ring substituents is 1. The summed E-state index contributed by atoms with van der Waals surface area (Å²) in [5.74, 6) is 1.45. The summed E-state index contributed by atoms with van der Waals surface area (Å²) in [6.07, 6.45) is 0. The van der Waals surface area contributed by atoms with Gasteiger partial charge in [0.2, 0.25) is 0 Å². The number of hydrogen-bond acceptors (Lipinski definition) is 4. The van der Waals surface area contributed by atoms with E-state index in [9.17, 15) is 10.1 Å². The van der Waals surface area contributed by atoms with Gasteiger partial charge in [0.05, 0.1) is 16.5 Å².